The molecule has 6 nitrogen and oxygen atoms in total. The maximum Gasteiger partial charge on any atom is 0.410 e. The van der Waals surface area contributed by atoms with Gasteiger partial charge in [-0.05, 0) is 26.3 Å². The molecule has 6 heteroatoms. The molecule has 24 heavy (non-hydrogen) atoms. The van der Waals surface area contributed by atoms with Gasteiger partial charge in [-0.3, -0.25) is 9.69 Å². The van der Waals surface area contributed by atoms with Gasteiger partial charge in [-0.15, -0.1) is 0 Å². The SMILES string of the molecule is COC(=O)[C@@H]1CN(C(=O)OC(C)(C)C)CCN1Cc1ccccc1. The van der Waals surface area contributed by atoms with E-state index in [1.807, 2.05) is 56.0 Å². The van der Waals surface area contributed by atoms with E-state index in [2.05, 4.69) is 0 Å². The highest BCUT2D eigenvalue weighted by Crippen LogP contribution is 2.18. The van der Waals surface area contributed by atoms with Gasteiger partial charge in [0, 0.05) is 19.6 Å². The highest BCUT2D eigenvalue weighted by atomic mass is 16.6. The Balaban J connectivity index is 2.07. The van der Waals surface area contributed by atoms with Gasteiger partial charge in [0.15, 0.2) is 0 Å². The number of benzene rings is 1. The molecule has 1 aromatic rings. The molecule has 1 aliphatic rings. The van der Waals surface area contributed by atoms with Crippen LogP contribution >= 0.6 is 0 Å². The number of carbonyl (C=O) groups is 2. The van der Waals surface area contributed by atoms with Crippen molar-refractivity contribution in [2.24, 2.45) is 0 Å². The minimum absolute atomic E-state index is 0.272. The first kappa shape index (κ1) is 18.3. The number of hydrogen-bond donors (Lipinski definition) is 0. The van der Waals surface area contributed by atoms with Gasteiger partial charge in [-0.2, -0.15) is 0 Å². The molecule has 0 N–H and O–H groups in total. The van der Waals surface area contributed by atoms with Crippen molar-refractivity contribution in [1.82, 2.24) is 9.80 Å². The molecule has 1 aromatic carbocycles. The summed E-state index contributed by atoms with van der Waals surface area (Å²) in [4.78, 5) is 28.1. The van der Waals surface area contributed by atoms with E-state index >= 15 is 0 Å². The van der Waals surface area contributed by atoms with Gasteiger partial charge in [0.25, 0.3) is 0 Å². The van der Waals surface area contributed by atoms with E-state index in [-0.39, 0.29) is 12.5 Å². The van der Waals surface area contributed by atoms with Gasteiger partial charge < -0.3 is 14.4 Å². The van der Waals surface area contributed by atoms with E-state index in [0.29, 0.717) is 19.6 Å². The number of ether oxygens (including phenoxy) is 2. The Morgan fingerprint density at radius 3 is 2.42 bits per heavy atom. The summed E-state index contributed by atoms with van der Waals surface area (Å²) in [6, 6.07) is 9.46. The summed E-state index contributed by atoms with van der Waals surface area (Å²) in [6.07, 6.45) is -0.393. The molecule has 132 valence electrons. The lowest BCUT2D eigenvalue weighted by atomic mass is 10.1. The third-order valence-corrected chi connectivity index (χ3v) is 3.84. The first-order valence-electron chi connectivity index (χ1n) is 8.14. The zero-order chi connectivity index (χ0) is 17.7. The monoisotopic (exact) mass is 334 g/mol. The molecule has 0 bridgehead atoms. The van der Waals surface area contributed by atoms with E-state index in [1.54, 1.807) is 4.90 Å². The van der Waals surface area contributed by atoms with E-state index in [0.717, 1.165) is 5.56 Å². The molecule has 0 saturated carbocycles. The fourth-order valence-corrected chi connectivity index (χ4v) is 2.68. The summed E-state index contributed by atoms with van der Waals surface area (Å²) in [5, 5.41) is 0. The number of nitrogens with zero attached hydrogens (tertiary/aromatic N) is 2. The van der Waals surface area contributed by atoms with Crippen LogP contribution in [0.5, 0.6) is 0 Å². The first-order valence-corrected chi connectivity index (χ1v) is 8.14. The Labute approximate surface area is 143 Å². The molecule has 1 atom stereocenters. The zero-order valence-corrected chi connectivity index (χ0v) is 14.8. The predicted octanol–water partition coefficient (Wildman–Crippen LogP) is 2.28. The van der Waals surface area contributed by atoms with Crippen LogP contribution in [0.4, 0.5) is 4.79 Å². The Hall–Kier alpha value is -2.08. The minimum Gasteiger partial charge on any atom is -0.468 e. The number of carbonyl (C=O) groups excluding carboxylic acids is 2. The second-order valence-corrected chi connectivity index (χ2v) is 6.92. The smallest absolute Gasteiger partial charge is 0.410 e. The molecule has 0 aromatic heterocycles. The van der Waals surface area contributed by atoms with Crippen molar-refractivity contribution >= 4 is 12.1 Å². The van der Waals surface area contributed by atoms with Gasteiger partial charge in [0.2, 0.25) is 0 Å². The van der Waals surface area contributed by atoms with Gasteiger partial charge in [0.05, 0.1) is 13.7 Å². The summed E-state index contributed by atoms with van der Waals surface area (Å²) < 4.78 is 10.3. The predicted molar refractivity (Wildman–Crippen MR) is 90.5 cm³/mol. The van der Waals surface area contributed by atoms with Crippen LogP contribution in [0.2, 0.25) is 0 Å². The topological polar surface area (TPSA) is 59.1 Å². The van der Waals surface area contributed by atoms with E-state index in [1.165, 1.54) is 7.11 Å². The Morgan fingerprint density at radius 2 is 1.83 bits per heavy atom. The highest BCUT2D eigenvalue weighted by Gasteiger charge is 2.36. The van der Waals surface area contributed by atoms with Gasteiger partial charge in [-0.1, -0.05) is 30.3 Å². The summed E-state index contributed by atoms with van der Waals surface area (Å²) in [5.41, 5.74) is 0.566. The molecule has 0 unspecified atom stereocenters. The van der Waals surface area contributed by atoms with Crippen molar-refractivity contribution in [3.63, 3.8) is 0 Å². The fourth-order valence-electron chi connectivity index (χ4n) is 2.68. The van der Waals surface area contributed by atoms with Crippen LogP contribution in [0.15, 0.2) is 30.3 Å². The maximum absolute atomic E-state index is 12.3. The van der Waals surface area contributed by atoms with Gasteiger partial charge >= 0.3 is 12.1 Å². The molecule has 1 heterocycles. The number of amides is 1. The summed E-state index contributed by atoms with van der Waals surface area (Å²) in [5.74, 6) is -0.334. The highest BCUT2D eigenvalue weighted by molar-refractivity contribution is 5.77. The molecule has 2 rings (SSSR count). The van der Waals surface area contributed by atoms with Crippen LogP contribution in [0.3, 0.4) is 0 Å². The largest absolute Gasteiger partial charge is 0.468 e. The first-order chi connectivity index (χ1) is 11.3. The third kappa shape index (κ3) is 4.96. The van der Waals surface area contributed by atoms with Crippen molar-refractivity contribution in [2.75, 3.05) is 26.7 Å². The third-order valence-electron chi connectivity index (χ3n) is 3.84. The molecule has 0 radical (unpaired) electrons. The lowest BCUT2D eigenvalue weighted by Gasteiger charge is -2.40. The lowest BCUT2D eigenvalue weighted by Crippen LogP contribution is -2.58. The Bertz CT molecular complexity index is 568. The standard InChI is InChI=1S/C18H26N2O4/c1-18(2,3)24-17(22)20-11-10-19(15(13-20)16(21)23-4)12-14-8-6-5-7-9-14/h5-9,15H,10-13H2,1-4H3/t15-/m0/s1. The van der Waals surface area contributed by atoms with Crippen LogP contribution in [0.1, 0.15) is 26.3 Å². The average Bonchev–Trinajstić information content (AvgIpc) is 2.54. The average molecular weight is 334 g/mol. The minimum atomic E-state index is -0.557. The van der Waals surface area contributed by atoms with E-state index in [9.17, 15) is 9.59 Å². The molecule has 1 fully saturated rings. The molecular formula is C18H26N2O4. The van der Waals surface area contributed by atoms with E-state index in [4.69, 9.17) is 9.47 Å². The van der Waals surface area contributed by atoms with Crippen LogP contribution in [0, 0.1) is 0 Å². The Kier molecular flexibility index (Phi) is 5.83. The van der Waals surface area contributed by atoms with Crippen LogP contribution < -0.4 is 0 Å². The van der Waals surface area contributed by atoms with Crippen LogP contribution in [0.25, 0.3) is 0 Å². The van der Waals surface area contributed by atoms with Crippen molar-refractivity contribution in [1.29, 1.82) is 0 Å². The summed E-state index contributed by atoms with van der Waals surface area (Å²) in [6.45, 7) is 7.51. The second kappa shape index (κ2) is 7.66. The van der Waals surface area contributed by atoms with E-state index < -0.39 is 17.7 Å². The van der Waals surface area contributed by atoms with Crippen molar-refractivity contribution < 1.29 is 19.1 Å². The van der Waals surface area contributed by atoms with Gasteiger partial charge in [-0.25, -0.2) is 4.79 Å². The fraction of sp³-hybridized carbons (Fsp3) is 0.556. The summed E-state index contributed by atoms with van der Waals surface area (Å²) in [7, 11) is 1.37. The van der Waals surface area contributed by atoms with Gasteiger partial charge in [0.1, 0.15) is 11.6 Å². The van der Waals surface area contributed by atoms with Crippen molar-refractivity contribution in [3.05, 3.63) is 35.9 Å². The second-order valence-electron chi connectivity index (χ2n) is 6.92. The van der Waals surface area contributed by atoms with Crippen molar-refractivity contribution in [2.45, 2.75) is 39.0 Å². The summed E-state index contributed by atoms with van der Waals surface area (Å²) >= 11 is 0. The van der Waals surface area contributed by atoms with Crippen LogP contribution in [-0.4, -0.2) is 60.2 Å². The number of piperazine rings is 1. The number of hydrogen-bond acceptors (Lipinski definition) is 5. The molecule has 0 aliphatic carbocycles. The van der Waals surface area contributed by atoms with Crippen LogP contribution in [-0.2, 0) is 20.8 Å². The number of esters is 1. The molecular weight excluding hydrogens is 308 g/mol. The lowest BCUT2D eigenvalue weighted by molar-refractivity contribution is -0.149. The maximum atomic E-state index is 12.3. The molecule has 1 amide bonds. The Morgan fingerprint density at radius 1 is 1.17 bits per heavy atom. The zero-order valence-electron chi connectivity index (χ0n) is 14.8. The quantitative estimate of drug-likeness (QED) is 0.794. The number of rotatable bonds is 3. The normalized spacial score (nSPS) is 19.0. The van der Waals surface area contributed by atoms with Crippen molar-refractivity contribution in [3.8, 4) is 0 Å². The molecule has 1 aliphatic heterocycles. The number of methoxy groups -OCH3 is 1. The molecule has 1 saturated heterocycles. The molecule has 0 spiro atoms.